The van der Waals surface area contributed by atoms with Crippen molar-refractivity contribution < 1.29 is 8.78 Å². The second-order valence-corrected chi connectivity index (χ2v) is 7.73. The Labute approximate surface area is 157 Å². The predicted molar refractivity (Wildman–Crippen MR) is 103 cm³/mol. The highest BCUT2D eigenvalue weighted by Gasteiger charge is 2.17. The first-order valence-electron chi connectivity index (χ1n) is 8.81. The van der Waals surface area contributed by atoms with E-state index in [-0.39, 0.29) is 11.5 Å². The van der Waals surface area contributed by atoms with Gasteiger partial charge in [-0.3, -0.25) is 4.68 Å². The number of hydrogen-bond acceptors (Lipinski definition) is 5. The molecule has 0 spiro atoms. The average molecular weight is 374 g/mol. The molecule has 0 bridgehead atoms. The van der Waals surface area contributed by atoms with Crippen LogP contribution < -0.4 is 10.6 Å². The Kier molecular flexibility index (Phi) is 4.99. The molecule has 3 aromatic rings. The quantitative estimate of drug-likeness (QED) is 0.705. The molecule has 0 fully saturated rings. The molecule has 2 aromatic heterocycles. The number of aromatic nitrogens is 4. The van der Waals surface area contributed by atoms with Crippen LogP contribution in [0.15, 0.2) is 24.4 Å². The van der Waals surface area contributed by atoms with E-state index < -0.39 is 11.6 Å². The lowest BCUT2D eigenvalue weighted by Gasteiger charge is -2.22. The summed E-state index contributed by atoms with van der Waals surface area (Å²) >= 11 is 0. The Morgan fingerprint density at radius 2 is 1.89 bits per heavy atom. The molecule has 144 valence electrons. The first-order valence-corrected chi connectivity index (χ1v) is 8.81. The Bertz CT molecular complexity index is 961. The number of halogens is 2. The lowest BCUT2D eigenvalue weighted by molar-refractivity contribution is 0.506. The van der Waals surface area contributed by atoms with Crippen molar-refractivity contribution in [3.05, 3.63) is 41.6 Å². The van der Waals surface area contributed by atoms with Crippen LogP contribution in [0.4, 0.5) is 20.5 Å². The molecule has 1 aromatic carbocycles. The van der Waals surface area contributed by atoms with E-state index in [1.54, 1.807) is 16.9 Å². The average Bonchev–Trinajstić information content (AvgIpc) is 2.95. The van der Waals surface area contributed by atoms with Gasteiger partial charge in [0.1, 0.15) is 5.82 Å². The van der Waals surface area contributed by atoms with Crippen molar-refractivity contribution in [3.63, 3.8) is 0 Å². The van der Waals surface area contributed by atoms with E-state index in [1.807, 2.05) is 14.0 Å². The monoisotopic (exact) mass is 374 g/mol. The number of nitrogens with zero attached hydrogens (tertiary/aromatic N) is 4. The number of nitrogens with one attached hydrogen (secondary N) is 2. The molecule has 0 radical (unpaired) electrons. The lowest BCUT2D eigenvalue weighted by Crippen LogP contribution is -2.27. The molecule has 3 rings (SSSR count). The zero-order valence-electron chi connectivity index (χ0n) is 16.1. The third kappa shape index (κ3) is 4.32. The maximum Gasteiger partial charge on any atom is 0.226 e. The van der Waals surface area contributed by atoms with Gasteiger partial charge in [-0.05, 0) is 44.4 Å². The van der Waals surface area contributed by atoms with Gasteiger partial charge in [0, 0.05) is 19.1 Å². The fourth-order valence-corrected chi connectivity index (χ4v) is 2.73. The van der Waals surface area contributed by atoms with Gasteiger partial charge in [0.05, 0.1) is 11.6 Å². The van der Waals surface area contributed by atoms with Crippen LogP contribution in [0.1, 0.15) is 39.2 Å². The van der Waals surface area contributed by atoms with E-state index in [0.717, 1.165) is 11.5 Å². The number of anilines is 2. The van der Waals surface area contributed by atoms with E-state index in [9.17, 15) is 8.78 Å². The van der Waals surface area contributed by atoms with Gasteiger partial charge >= 0.3 is 0 Å². The van der Waals surface area contributed by atoms with Gasteiger partial charge in [-0.2, -0.15) is 15.1 Å². The molecular formula is C19H24F2N6. The second-order valence-electron chi connectivity index (χ2n) is 7.73. The van der Waals surface area contributed by atoms with E-state index in [0.29, 0.717) is 29.5 Å². The van der Waals surface area contributed by atoms with Crippen LogP contribution in [0.2, 0.25) is 0 Å². The molecule has 1 atom stereocenters. The summed E-state index contributed by atoms with van der Waals surface area (Å²) in [4.78, 5) is 9.10. The molecule has 0 aliphatic rings. The molecule has 2 N–H and O–H groups in total. The van der Waals surface area contributed by atoms with Crippen molar-refractivity contribution in [2.24, 2.45) is 7.05 Å². The number of aryl methyl sites for hydroxylation is 1. The third-order valence-corrected chi connectivity index (χ3v) is 4.16. The minimum Gasteiger partial charge on any atom is -0.365 e. The summed E-state index contributed by atoms with van der Waals surface area (Å²) in [5.74, 6) is -0.591. The van der Waals surface area contributed by atoms with Crippen LogP contribution in [-0.4, -0.2) is 31.8 Å². The summed E-state index contributed by atoms with van der Waals surface area (Å²) < 4.78 is 28.3. The van der Waals surface area contributed by atoms with Crippen LogP contribution in [0.5, 0.6) is 0 Å². The van der Waals surface area contributed by atoms with Gasteiger partial charge in [0.25, 0.3) is 0 Å². The molecule has 0 saturated heterocycles. The molecule has 8 heteroatoms. The number of rotatable bonds is 5. The van der Waals surface area contributed by atoms with E-state index >= 15 is 0 Å². The van der Waals surface area contributed by atoms with Crippen molar-refractivity contribution in [1.82, 2.24) is 19.7 Å². The third-order valence-electron chi connectivity index (χ3n) is 4.16. The zero-order valence-corrected chi connectivity index (χ0v) is 16.1. The van der Waals surface area contributed by atoms with Gasteiger partial charge in [0.2, 0.25) is 5.95 Å². The highest BCUT2D eigenvalue weighted by atomic mass is 19.2. The first-order chi connectivity index (χ1) is 12.6. The van der Waals surface area contributed by atoms with Crippen LogP contribution in [0, 0.1) is 11.6 Å². The van der Waals surface area contributed by atoms with Crippen molar-refractivity contribution >= 4 is 22.8 Å². The van der Waals surface area contributed by atoms with Gasteiger partial charge in [-0.1, -0.05) is 13.0 Å². The van der Waals surface area contributed by atoms with Gasteiger partial charge < -0.3 is 10.6 Å². The molecule has 0 amide bonds. The van der Waals surface area contributed by atoms with Gasteiger partial charge in [0.15, 0.2) is 17.3 Å². The van der Waals surface area contributed by atoms with E-state index in [4.69, 9.17) is 0 Å². The topological polar surface area (TPSA) is 67.7 Å². The number of fused-ring (bicyclic) bond motifs is 1. The normalized spacial score (nSPS) is 13.0. The van der Waals surface area contributed by atoms with E-state index in [2.05, 4.69) is 46.5 Å². The first kappa shape index (κ1) is 19.0. The SMILES string of the molecule is CC(CNc1nc(NC(C)(C)C)c2cnn(C)c2n1)c1ccc(F)c(F)c1. The lowest BCUT2D eigenvalue weighted by atomic mass is 10.0. The van der Waals surface area contributed by atoms with E-state index in [1.165, 1.54) is 6.07 Å². The summed E-state index contributed by atoms with van der Waals surface area (Å²) in [6, 6.07) is 3.95. The van der Waals surface area contributed by atoms with Crippen molar-refractivity contribution in [2.75, 3.05) is 17.2 Å². The number of benzene rings is 1. The standard InChI is InChI=1S/C19H24F2N6/c1-11(12-6-7-14(20)15(21)8-12)9-22-18-24-16(26-19(2,3)4)13-10-23-27(5)17(13)25-18/h6-8,10-11H,9H2,1-5H3,(H2,22,24,25,26). The van der Waals surface area contributed by atoms with Crippen molar-refractivity contribution in [1.29, 1.82) is 0 Å². The van der Waals surface area contributed by atoms with Crippen molar-refractivity contribution in [3.8, 4) is 0 Å². The summed E-state index contributed by atoms with van der Waals surface area (Å²) in [7, 11) is 1.82. The fourth-order valence-electron chi connectivity index (χ4n) is 2.73. The molecular weight excluding hydrogens is 350 g/mol. The maximum absolute atomic E-state index is 13.5. The largest absolute Gasteiger partial charge is 0.365 e. The summed E-state index contributed by atoms with van der Waals surface area (Å²) in [6.45, 7) is 8.56. The molecule has 0 saturated carbocycles. The zero-order chi connectivity index (χ0) is 19.8. The smallest absolute Gasteiger partial charge is 0.226 e. The number of hydrogen-bond donors (Lipinski definition) is 2. The van der Waals surface area contributed by atoms with Gasteiger partial charge in [-0.15, -0.1) is 0 Å². The summed E-state index contributed by atoms with van der Waals surface area (Å²) in [5.41, 5.74) is 1.24. The summed E-state index contributed by atoms with van der Waals surface area (Å²) in [6.07, 6.45) is 1.73. The fraction of sp³-hybridized carbons (Fsp3) is 0.421. The van der Waals surface area contributed by atoms with Crippen LogP contribution in [0.25, 0.3) is 11.0 Å². The Balaban J connectivity index is 1.83. The Morgan fingerprint density at radius 3 is 2.56 bits per heavy atom. The second kappa shape index (κ2) is 7.09. The summed E-state index contributed by atoms with van der Waals surface area (Å²) in [5, 5.41) is 11.7. The minimum atomic E-state index is -0.846. The highest BCUT2D eigenvalue weighted by molar-refractivity contribution is 5.87. The maximum atomic E-state index is 13.5. The highest BCUT2D eigenvalue weighted by Crippen LogP contribution is 2.25. The van der Waals surface area contributed by atoms with Gasteiger partial charge in [-0.25, -0.2) is 8.78 Å². The molecule has 2 heterocycles. The van der Waals surface area contributed by atoms with Crippen LogP contribution in [0.3, 0.4) is 0 Å². The molecule has 0 aliphatic heterocycles. The predicted octanol–water partition coefficient (Wildman–Crippen LogP) is 4.07. The molecule has 27 heavy (non-hydrogen) atoms. The molecule has 1 unspecified atom stereocenters. The Hall–Kier alpha value is -2.77. The van der Waals surface area contributed by atoms with Crippen LogP contribution in [-0.2, 0) is 7.05 Å². The van der Waals surface area contributed by atoms with Crippen LogP contribution >= 0.6 is 0 Å². The minimum absolute atomic E-state index is 0.0510. The Morgan fingerprint density at radius 1 is 1.15 bits per heavy atom. The molecule has 0 aliphatic carbocycles. The van der Waals surface area contributed by atoms with Crippen molar-refractivity contribution in [2.45, 2.75) is 39.2 Å². The molecule has 6 nitrogen and oxygen atoms in total.